The number of alkyl halides is 3. The standard InChI is InChI=1S/C27H29F3N2O2S2/c28-27(29,30)20-13-11-19(12-14-20)17-24-26(34)32(22-9-4-5-10-23(22)36-24)18-25(33)31-15-6-16-35-21-7-2-1-3-8-21/h4-5,9-14,17,21H,1-3,6-8,15-16,18H2,(H,31,33). The second kappa shape index (κ2) is 12.2. The number of amides is 2. The molecule has 1 fully saturated rings. The molecule has 0 saturated heterocycles. The highest BCUT2D eigenvalue weighted by Crippen LogP contribution is 2.42. The Hall–Kier alpha value is -2.39. The smallest absolute Gasteiger partial charge is 0.355 e. The summed E-state index contributed by atoms with van der Waals surface area (Å²) in [4.78, 5) is 28.6. The molecule has 0 atom stereocenters. The SMILES string of the molecule is O=C(CN1C(=O)C(=Cc2ccc(C(F)(F)F)cc2)Sc2ccccc21)NCCCSC1CCCCC1. The lowest BCUT2D eigenvalue weighted by molar-refractivity contribution is -0.137. The van der Waals surface area contributed by atoms with Crippen molar-refractivity contribution in [3.63, 3.8) is 0 Å². The molecule has 1 saturated carbocycles. The molecule has 4 rings (SSSR count). The molecule has 36 heavy (non-hydrogen) atoms. The van der Waals surface area contributed by atoms with Crippen LogP contribution in [0.2, 0.25) is 0 Å². The highest BCUT2D eigenvalue weighted by Gasteiger charge is 2.31. The molecule has 9 heteroatoms. The number of anilines is 1. The normalized spacial score (nSPS) is 17.8. The number of hydrogen-bond acceptors (Lipinski definition) is 4. The van der Waals surface area contributed by atoms with E-state index in [0.717, 1.165) is 34.5 Å². The summed E-state index contributed by atoms with van der Waals surface area (Å²) in [7, 11) is 0. The van der Waals surface area contributed by atoms with E-state index < -0.39 is 11.7 Å². The van der Waals surface area contributed by atoms with Gasteiger partial charge in [-0.25, -0.2) is 0 Å². The number of halogens is 3. The van der Waals surface area contributed by atoms with Crippen molar-refractivity contribution in [3.05, 3.63) is 64.6 Å². The monoisotopic (exact) mass is 534 g/mol. The van der Waals surface area contributed by atoms with E-state index in [1.165, 1.54) is 60.9 Å². The third kappa shape index (κ3) is 7.09. The first-order valence-corrected chi connectivity index (χ1v) is 14.0. The molecule has 0 radical (unpaired) electrons. The number of fused-ring (bicyclic) bond motifs is 1. The maximum absolute atomic E-state index is 13.3. The number of rotatable bonds is 8. The Morgan fingerprint density at radius 2 is 1.81 bits per heavy atom. The van der Waals surface area contributed by atoms with Crippen molar-refractivity contribution in [1.82, 2.24) is 5.32 Å². The Labute approximate surface area is 218 Å². The molecule has 1 heterocycles. The Balaban J connectivity index is 1.37. The molecule has 2 aromatic carbocycles. The number of carbonyl (C=O) groups is 2. The number of thioether (sulfide) groups is 2. The van der Waals surface area contributed by atoms with Crippen LogP contribution in [0.15, 0.2) is 58.3 Å². The van der Waals surface area contributed by atoms with E-state index in [4.69, 9.17) is 0 Å². The molecule has 2 aromatic rings. The first-order chi connectivity index (χ1) is 17.3. The lowest BCUT2D eigenvalue weighted by atomic mass is 10.0. The Morgan fingerprint density at radius 1 is 1.08 bits per heavy atom. The van der Waals surface area contributed by atoms with Gasteiger partial charge in [-0.05, 0) is 60.9 Å². The second-order valence-electron chi connectivity index (χ2n) is 8.92. The van der Waals surface area contributed by atoms with Crippen molar-refractivity contribution in [1.29, 1.82) is 0 Å². The summed E-state index contributed by atoms with van der Waals surface area (Å²) in [5.41, 5.74) is 0.395. The molecular formula is C27H29F3N2O2S2. The minimum atomic E-state index is -4.42. The van der Waals surface area contributed by atoms with Gasteiger partial charge in [-0.1, -0.05) is 55.3 Å². The van der Waals surface area contributed by atoms with Crippen LogP contribution in [0.4, 0.5) is 18.9 Å². The fraction of sp³-hybridized carbons (Fsp3) is 0.407. The van der Waals surface area contributed by atoms with Gasteiger partial charge in [0.15, 0.2) is 0 Å². The first kappa shape index (κ1) is 26.7. The minimum absolute atomic E-state index is 0.115. The van der Waals surface area contributed by atoms with E-state index in [9.17, 15) is 22.8 Å². The number of carbonyl (C=O) groups excluding carboxylic acids is 2. The molecule has 1 N–H and O–H groups in total. The molecule has 0 aromatic heterocycles. The Kier molecular flexibility index (Phi) is 9.06. The molecule has 1 aliphatic heterocycles. The molecule has 4 nitrogen and oxygen atoms in total. The van der Waals surface area contributed by atoms with E-state index in [1.54, 1.807) is 12.1 Å². The van der Waals surface area contributed by atoms with Gasteiger partial charge in [-0.2, -0.15) is 24.9 Å². The van der Waals surface area contributed by atoms with Gasteiger partial charge >= 0.3 is 6.18 Å². The number of hydrogen-bond donors (Lipinski definition) is 1. The summed E-state index contributed by atoms with van der Waals surface area (Å²) >= 11 is 3.24. The summed E-state index contributed by atoms with van der Waals surface area (Å²) in [5.74, 6) is 0.427. The Bertz CT molecular complexity index is 1100. The summed E-state index contributed by atoms with van der Waals surface area (Å²) in [6.45, 7) is 0.446. The molecule has 0 unspecified atom stereocenters. The van der Waals surface area contributed by atoms with Crippen molar-refractivity contribution in [2.75, 3.05) is 23.7 Å². The highest BCUT2D eigenvalue weighted by atomic mass is 32.2. The number of nitrogens with zero attached hydrogens (tertiary/aromatic N) is 1. The molecule has 0 bridgehead atoms. The van der Waals surface area contributed by atoms with Crippen LogP contribution in [0.1, 0.15) is 49.7 Å². The second-order valence-corrected chi connectivity index (χ2v) is 11.4. The average Bonchev–Trinajstić information content (AvgIpc) is 2.87. The van der Waals surface area contributed by atoms with E-state index in [2.05, 4.69) is 5.32 Å². The van der Waals surface area contributed by atoms with Crippen molar-refractivity contribution in [2.45, 2.75) is 54.8 Å². The van der Waals surface area contributed by atoms with E-state index in [-0.39, 0.29) is 18.4 Å². The van der Waals surface area contributed by atoms with Gasteiger partial charge in [0.2, 0.25) is 5.91 Å². The number of benzene rings is 2. The van der Waals surface area contributed by atoms with Crippen LogP contribution in [0.25, 0.3) is 6.08 Å². The summed E-state index contributed by atoms with van der Waals surface area (Å²) in [6, 6.07) is 12.0. The fourth-order valence-corrected chi connectivity index (χ4v) is 6.69. The molecular weight excluding hydrogens is 505 g/mol. The van der Waals surface area contributed by atoms with Gasteiger partial charge in [0.25, 0.3) is 5.91 Å². The lowest BCUT2D eigenvalue weighted by Gasteiger charge is -2.29. The van der Waals surface area contributed by atoms with Gasteiger partial charge in [-0.3, -0.25) is 14.5 Å². The van der Waals surface area contributed by atoms with Gasteiger partial charge in [0, 0.05) is 16.7 Å². The van der Waals surface area contributed by atoms with E-state index >= 15 is 0 Å². The quantitative estimate of drug-likeness (QED) is 0.300. The van der Waals surface area contributed by atoms with Crippen LogP contribution in [-0.4, -0.2) is 35.9 Å². The fourth-order valence-electron chi connectivity index (χ4n) is 4.32. The third-order valence-corrected chi connectivity index (χ3v) is 8.76. The van der Waals surface area contributed by atoms with Crippen molar-refractivity contribution in [3.8, 4) is 0 Å². The van der Waals surface area contributed by atoms with Crippen molar-refractivity contribution >= 4 is 47.1 Å². The van der Waals surface area contributed by atoms with Crippen LogP contribution in [-0.2, 0) is 15.8 Å². The number of nitrogens with one attached hydrogen (secondary N) is 1. The summed E-state index contributed by atoms with van der Waals surface area (Å²) < 4.78 is 38.6. The topological polar surface area (TPSA) is 49.4 Å². The lowest BCUT2D eigenvalue weighted by Crippen LogP contribution is -2.43. The zero-order valence-corrected chi connectivity index (χ0v) is 21.5. The van der Waals surface area contributed by atoms with Gasteiger partial charge in [0.05, 0.1) is 16.2 Å². The largest absolute Gasteiger partial charge is 0.416 e. The van der Waals surface area contributed by atoms with Gasteiger partial charge < -0.3 is 5.32 Å². The number of para-hydroxylation sites is 1. The van der Waals surface area contributed by atoms with Crippen LogP contribution < -0.4 is 10.2 Å². The summed E-state index contributed by atoms with van der Waals surface area (Å²) in [6.07, 6.45) is 4.56. The van der Waals surface area contributed by atoms with E-state index in [0.29, 0.717) is 22.7 Å². The van der Waals surface area contributed by atoms with Crippen LogP contribution in [0, 0.1) is 0 Å². The molecule has 1 aliphatic carbocycles. The molecule has 2 aliphatic rings. The zero-order valence-electron chi connectivity index (χ0n) is 19.9. The van der Waals surface area contributed by atoms with Crippen LogP contribution in [0.5, 0.6) is 0 Å². The van der Waals surface area contributed by atoms with E-state index in [1.807, 2.05) is 30.0 Å². The highest BCUT2D eigenvalue weighted by molar-refractivity contribution is 8.04. The van der Waals surface area contributed by atoms with Gasteiger partial charge in [0.1, 0.15) is 6.54 Å². The average molecular weight is 535 g/mol. The molecule has 0 spiro atoms. The zero-order chi connectivity index (χ0) is 25.5. The van der Waals surface area contributed by atoms with Gasteiger partial charge in [-0.15, -0.1) is 0 Å². The van der Waals surface area contributed by atoms with Crippen molar-refractivity contribution < 1.29 is 22.8 Å². The van der Waals surface area contributed by atoms with Crippen molar-refractivity contribution in [2.24, 2.45) is 0 Å². The Morgan fingerprint density at radius 3 is 2.53 bits per heavy atom. The first-order valence-electron chi connectivity index (χ1n) is 12.2. The predicted molar refractivity (Wildman–Crippen MR) is 141 cm³/mol. The van der Waals surface area contributed by atoms with Crippen LogP contribution >= 0.6 is 23.5 Å². The predicted octanol–water partition coefficient (Wildman–Crippen LogP) is 6.76. The maximum Gasteiger partial charge on any atom is 0.416 e. The minimum Gasteiger partial charge on any atom is -0.355 e. The van der Waals surface area contributed by atoms with Crippen LogP contribution in [0.3, 0.4) is 0 Å². The summed E-state index contributed by atoms with van der Waals surface area (Å²) in [5, 5.41) is 3.67. The third-order valence-electron chi connectivity index (χ3n) is 6.22. The maximum atomic E-state index is 13.3. The molecule has 192 valence electrons. The molecule has 2 amide bonds.